The van der Waals surface area contributed by atoms with E-state index < -0.39 is 0 Å². The summed E-state index contributed by atoms with van der Waals surface area (Å²) in [4.78, 5) is 99.6. The van der Waals surface area contributed by atoms with E-state index in [1.165, 1.54) is 45.3 Å². The van der Waals surface area contributed by atoms with Crippen LogP contribution < -0.4 is 38.1 Å². The maximum atomic E-state index is 13.3. The molecule has 2 aliphatic heterocycles. The maximum Gasteiger partial charge on any atom is 0.270 e. The second kappa shape index (κ2) is 25.2. The molecular weight excluding hydrogens is 1100 g/mol. The van der Waals surface area contributed by atoms with Crippen molar-refractivity contribution in [1.82, 2.24) is 60.1 Å². The van der Waals surface area contributed by atoms with Crippen molar-refractivity contribution in [2.24, 2.45) is 11.7 Å². The first-order valence-electron chi connectivity index (χ1n) is 25.1. The average molecular weight is 1160 g/mol. The van der Waals surface area contributed by atoms with Crippen LogP contribution in [0.3, 0.4) is 0 Å². The van der Waals surface area contributed by atoms with E-state index in [-0.39, 0.29) is 65.8 Å². The molecule has 2 saturated carbocycles. The van der Waals surface area contributed by atoms with Crippen molar-refractivity contribution >= 4 is 91.4 Å². The number of likely N-dealkylation sites (N-methyl/N-ethyl adjacent to an activating group) is 2. The zero-order chi connectivity index (χ0) is 54.6. The molecule has 77 heavy (non-hydrogen) atoms. The number of pyridine rings is 2. The van der Waals surface area contributed by atoms with E-state index in [0.717, 1.165) is 77.7 Å². The van der Waals surface area contributed by atoms with Gasteiger partial charge in [-0.05, 0) is 104 Å². The molecule has 2 spiro atoms. The normalized spacial score (nSPS) is 15.3. The van der Waals surface area contributed by atoms with Crippen LogP contribution in [0.4, 0.5) is 0 Å². The molecule has 2 fully saturated rings. The van der Waals surface area contributed by atoms with Gasteiger partial charge < -0.3 is 45.9 Å². The minimum Gasteiger partial charge on any atom is -0.349 e. The van der Waals surface area contributed by atoms with Crippen molar-refractivity contribution in [3.05, 3.63) is 109 Å². The highest BCUT2D eigenvalue weighted by Gasteiger charge is 2.54. The molecule has 0 aromatic carbocycles. The van der Waals surface area contributed by atoms with E-state index in [0.29, 0.717) is 88.7 Å². The molecule has 4 amide bonds. The van der Waals surface area contributed by atoms with E-state index in [1.807, 2.05) is 55.7 Å². The summed E-state index contributed by atoms with van der Waals surface area (Å²) in [6.45, 7) is 9.36. The first kappa shape index (κ1) is 59.3. The fourth-order valence-electron chi connectivity index (χ4n) is 9.24. The molecule has 8 heterocycles. The fraction of sp³-hybridized carbons (Fsp3) is 0.500. The van der Waals surface area contributed by atoms with Crippen LogP contribution in [0, 0.1) is 5.92 Å². The molecule has 0 saturated heterocycles. The van der Waals surface area contributed by atoms with Crippen LogP contribution in [0.1, 0.15) is 141 Å². The zero-order valence-electron chi connectivity index (χ0n) is 43.6. The molecule has 6 N–H and O–H groups in total. The Morgan fingerprint density at radius 1 is 0.662 bits per heavy atom. The maximum absolute atomic E-state index is 13.3. The van der Waals surface area contributed by atoms with Gasteiger partial charge in [-0.2, -0.15) is 0 Å². The Bertz CT molecular complexity index is 3040. The number of hydrogen-bond acceptors (Lipinski definition) is 19. The highest BCUT2D eigenvalue weighted by atomic mass is 32.8. The Balaban J connectivity index is 0.000000214. The highest BCUT2D eigenvalue weighted by molar-refractivity contribution is 8.07. The van der Waals surface area contributed by atoms with Crippen molar-refractivity contribution < 1.29 is 19.2 Å². The van der Waals surface area contributed by atoms with Crippen LogP contribution in [0.5, 0.6) is 0 Å². The van der Waals surface area contributed by atoms with E-state index in [9.17, 15) is 28.8 Å². The molecular formula is C52H67N13O6S6. The number of nitrogens with one attached hydrogen (secondary N) is 4. The van der Waals surface area contributed by atoms with Crippen molar-refractivity contribution in [2.75, 3.05) is 54.4 Å². The van der Waals surface area contributed by atoms with Crippen LogP contribution in [-0.4, -0.2) is 123 Å². The summed E-state index contributed by atoms with van der Waals surface area (Å²) in [5.41, 5.74) is 11.7. The summed E-state index contributed by atoms with van der Waals surface area (Å²) >= 11 is 12.9. The lowest BCUT2D eigenvalue weighted by atomic mass is 9.97. The van der Waals surface area contributed by atoms with Gasteiger partial charge in [0.1, 0.15) is 42.8 Å². The van der Waals surface area contributed by atoms with Gasteiger partial charge in [-0.15, -0.1) is 45.3 Å². The van der Waals surface area contributed by atoms with Gasteiger partial charge in [-0.3, -0.25) is 28.8 Å². The lowest BCUT2D eigenvalue weighted by Gasteiger charge is -2.17. The molecule has 6 aromatic rings. The number of carbonyl (C=O) groups is 4. The van der Waals surface area contributed by atoms with Crippen LogP contribution in [0.2, 0.25) is 0 Å². The molecule has 10 rings (SSSR count). The summed E-state index contributed by atoms with van der Waals surface area (Å²) in [6, 6.07) is 3.21. The minimum absolute atomic E-state index is 0. The van der Waals surface area contributed by atoms with Crippen molar-refractivity contribution in [1.29, 1.82) is 0 Å². The quantitative estimate of drug-likeness (QED) is 0.0634. The first-order valence-corrected chi connectivity index (χ1v) is 30.0. The topological polar surface area (TPSA) is 244 Å². The summed E-state index contributed by atoms with van der Waals surface area (Å²) in [5.74, 6) is -0.149. The number of aromatic nitrogens is 6. The van der Waals surface area contributed by atoms with Crippen LogP contribution in [0.25, 0.3) is 21.4 Å². The lowest BCUT2D eigenvalue weighted by Crippen LogP contribution is -2.31. The van der Waals surface area contributed by atoms with E-state index in [2.05, 4.69) is 67.5 Å². The third kappa shape index (κ3) is 13.6. The lowest BCUT2D eigenvalue weighted by molar-refractivity contribution is 0.0938. The molecule has 0 bridgehead atoms. The van der Waals surface area contributed by atoms with Crippen molar-refractivity contribution in [2.45, 2.75) is 110 Å². The van der Waals surface area contributed by atoms with Gasteiger partial charge in [0.25, 0.3) is 34.7 Å². The molecule has 1 atom stereocenters. The average Bonchev–Trinajstić information content (AvgIpc) is 3.87. The van der Waals surface area contributed by atoms with Gasteiger partial charge in [-0.25, -0.2) is 19.9 Å². The first-order chi connectivity index (χ1) is 36.3. The number of carbonyl (C=O) groups excluding carboxylic acids is 4. The molecule has 25 heteroatoms. The van der Waals surface area contributed by atoms with Crippen molar-refractivity contribution in [3.63, 3.8) is 0 Å². The monoisotopic (exact) mass is 1160 g/mol. The van der Waals surface area contributed by atoms with Gasteiger partial charge in [0.2, 0.25) is 0 Å². The fourth-order valence-corrected chi connectivity index (χ4v) is 12.4. The summed E-state index contributed by atoms with van der Waals surface area (Å²) in [5, 5.41) is 22.0. The molecule has 412 valence electrons. The van der Waals surface area contributed by atoms with Gasteiger partial charge in [0.15, 0.2) is 0 Å². The second-order valence-corrected chi connectivity index (χ2v) is 24.2. The van der Waals surface area contributed by atoms with E-state index in [1.54, 1.807) is 32.0 Å². The van der Waals surface area contributed by atoms with Crippen LogP contribution in [-0.2, 0) is 59.4 Å². The Labute approximate surface area is 474 Å². The Morgan fingerprint density at radius 2 is 1.06 bits per heavy atom. The van der Waals surface area contributed by atoms with Gasteiger partial charge in [0, 0.05) is 99.6 Å². The number of nitrogens with zero attached hydrogens (tertiary/aromatic N) is 8. The predicted molar refractivity (Wildman–Crippen MR) is 311 cm³/mol. The number of nitrogens with two attached hydrogens (primary N) is 1. The van der Waals surface area contributed by atoms with Gasteiger partial charge in [0.05, 0.1) is 35.3 Å². The standard InChI is InChI=1S/C26H32N6O3S2.C25H31N7O3S2.CH4.S2/c1-15(2)5-6-19-22-16(26(7-8-26)30-24(22)35)11-21(33)32(19)12-20-28-18(14-36-20)25-29-17(13-37-25)23(34)27-9-10-31(3)4;1-14(26)4-5-18-21-15(25(6-7-25)30-23(21)35)10-20(33)32(18)11-19-28-17(13-36-19)24-29-16(12-37-24)22(34)27-8-9-31(2)3;;1-2/h11,13-15H,5-10,12H2,1-4H3,(H,27,34)(H,30,35);10,12-14H,4-9,11,26H2,1-3H3,(H,27,34)(H,30,35);1H4;/t;14-;;/m.0../s1. The largest absolute Gasteiger partial charge is 0.349 e. The number of thiazole rings is 4. The highest BCUT2D eigenvalue weighted by Crippen LogP contribution is 2.51. The Morgan fingerprint density at radius 3 is 1.43 bits per heavy atom. The minimum atomic E-state index is -0.358. The summed E-state index contributed by atoms with van der Waals surface area (Å²) in [7, 11) is 7.80. The SMILES string of the molecule is C.CC(C)CCc1c2c(cc(=O)n1Cc1nc(-c3nc(C(=O)NCCN(C)C)cs3)cs1)C1(CC1)NC2=O.C[C@H](N)CCc1c2c(cc(=O)n1Cc1nc(-c3nc(C(=O)NCCN(C)C)cs3)cs1)C1(CC1)NC2=O.S=S. The van der Waals surface area contributed by atoms with Crippen molar-refractivity contribution in [3.8, 4) is 21.4 Å². The van der Waals surface area contributed by atoms with Gasteiger partial charge >= 0.3 is 0 Å². The number of amides is 4. The second-order valence-electron chi connectivity index (χ2n) is 20.6. The zero-order valence-corrected chi connectivity index (χ0v) is 48.5. The number of fused-ring (bicyclic) bond motifs is 4. The molecule has 0 unspecified atom stereocenters. The molecule has 2 aliphatic carbocycles. The van der Waals surface area contributed by atoms with Gasteiger partial charge in [-0.1, -0.05) is 21.3 Å². The molecule has 6 aromatic heterocycles. The predicted octanol–water partition coefficient (Wildman–Crippen LogP) is 5.50. The van der Waals surface area contributed by atoms with E-state index in [4.69, 9.17) is 15.7 Å². The molecule has 0 radical (unpaired) electrons. The number of hydrogen-bond donors (Lipinski definition) is 5. The Hall–Kier alpha value is -5.38. The third-order valence-corrected chi connectivity index (χ3v) is 17.0. The summed E-state index contributed by atoms with van der Waals surface area (Å²) < 4.78 is 3.38. The smallest absolute Gasteiger partial charge is 0.270 e. The van der Waals surface area contributed by atoms with Crippen LogP contribution in [0.15, 0.2) is 43.2 Å². The van der Waals surface area contributed by atoms with Crippen LogP contribution >= 0.6 is 45.3 Å². The summed E-state index contributed by atoms with van der Waals surface area (Å²) in [6.07, 6.45) is 6.25. The molecule has 4 aliphatic rings. The Kier molecular flexibility index (Phi) is 19.4. The number of rotatable bonds is 20. The van der Waals surface area contributed by atoms with E-state index >= 15 is 0 Å². The molecule has 19 nitrogen and oxygen atoms in total. The third-order valence-electron chi connectivity index (χ3n) is 13.6.